The number of rotatable bonds is 4. The predicted octanol–water partition coefficient (Wildman–Crippen LogP) is 4.64. The Labute approximate surface area is 124 Å². The highest BCUT2D eigenvalue weighted by molar-refractivity contribution is 7.13. The van der Waals surface area contributed by atoms with Gasteiger partial charge in [-0.2, -0.15) is 0 Å². The first kappa shape index (κ1) is 14.7. The van der Waals surface area contributed by atoms with E-state index in [4.69, 9.17) is 0 Å². The quantitative estimate of drug-likeness (QED) is 0.890. The predicted molar refractivity (Wildman–Crippen MR) is 84.7 cm³/mol. The van der Waals surface area contributed by atoms with Gasteiger partial charge in [-0.05, 0) is 29.0 Å². The molecule has 0 unspecified atom stereocenters. The van der Waals surface area contributed by atoms with E-state index in [-0.39, 0.29) is 5.91 Å². The minimum Gasteiger partial charge on any atom is -0.298 e. The zero-order chi connectivity index (χ0) is 14.7. The Hall–Kier alpha value is -1.68. The lowest BCUT2D eigenvalue weighted by Crippen LogP contribution is -2.15. The smallest absolute Gasteiger partial charge is 0.257 e. The van der Waals surface area contributed by atoms with Gasteiger partial charge < -0.3 is 0 Å². The number of nitrogens with one attached hydrogen (secondary N) is 1. The first-order valence-corrected chi connectivity index (χ1v) is 7.71. The summed E-state index contributed by atoms with van der Waals surface area (Å²) in [6.45, 7) is 8.54. The molecule has 2 rings (SSSR count). The molecule has 1 heterocycles. The van der Waals surface area contributed by atoms with Crippen molar-refractivity contribution in [3.05, 3.63) is 46.5 Å². The van der Waals surface area contributed by atoms with E-state index in [1.165, 1.54) is 16.9 Å². The summed E-state index contributed by atoms with van der Waals surface area (Å²) in [7, 11) is 0. The fourth-order valence-electron chi connectivity index (χ4n) is 2.07. The van der Waals surface area contributed by atoms with Gasteiger partial charge in [-0.3, -0.25) is 10.1 Å². The first-order chi connectivity index (χ1) is 9.49. The summed E-state index contributed by atoms with van der Waals surface area (Å²) in [5.41, 5.74) is 3.09. The molecule has 0 spiro atoms. The molecule has 1 amide bonds. The molecule has 0 aliphatic heterocycles. The maximum atomic E-state index is 12.4. The molecule has 0 radical (unpaired) electrons. The average Bonchev–Trinajstić information content (AvgIpc) is 2.90. The van der Waals surface area contributed by atoms with Gasteiger partial charge in [-0.15, -0.1) is 11.3 Å². The second-order valence-electron chi connectivity index (χ2n) is 5.45. The fraction of sp³-hybridized carbons (Fsp3) is 0.375. The number of aromatic nitrogens is 1. The SMILES string of the molecule is CC(C)c1ccc(C(=O)Nc2nccs2)c(C(C)C)c1. The Morgan fingerprint density at radius 2 is 1.95 bits per heavy atom. The normalized spacial score (nSPS) is 11.1. The topological polar surface area (TPSA) is 42.0 Å². The number of hydrogen-bond acceptors (Lipinski definition) is 3. The number of anilines is 1. The zero-order valence-electron chi connectivity index (χ0n) is 12.3. The summed E-state index contributed by atoms with van der Waals surface area (Å²) in [5, 5.41) is 5.34. The molecule has 2 aromatic rings. The number of hydrogen-bond donors (Lipinski definition) is 1. The van der Waals surface area contributed by atoms with E-state index in [1.807, 2.05) is 17.5 Å². The number of thiazole rings is 1. The largest absolute Gasteiger partial charge is 0.298 e. The molecular weight excluding hydrogens is 268 g/mol. The molecule has 0 atom stereocenters. The molecule has 3 nitrogen and oxygen atoms in total. The van der Waals surface area contributed by atoms with Crippen LogP contribution in [0.5, 0.6) is 0 Å². The number of amides is 1. The van der Waals surface area contributed by atoms with Crippen LogP contribution in [0.25, 0.3) is 0 Å². The van der Waals surface area contributed by atoms with Gasteiger partial charge in [0.15, 0.2) is 5.13 Å². The van der Waals surface area contributed by atoms with Crippen molar-refractivity contribution in [3.63, 3.8) is 0 Å². The molecule has 1 aromatic carbocycles. The van der Waals surface area contributed by atoms with Crippen molar-refractivity contribution in [3.8, 4) is 0 Å². The van der Waals surface area contributed by atoms with E-state index >= 15 is 0 Å². The molecule has 0 fully saturated rings. The lowest BCUT2D eigenvalue weighted by molar-refractivity contribution is 0.102. The van der Waals surface area contributed by atoms with E-state index in [0.717, 1.165) is 11.1 Å². The molecule has 0 saturated heterocycles. The van der Waals surface area contributed by atoms with E-state index in [0.29, 0.717) is 17.0 Å². The molecule has 4 heteroatoms. The summed E-state index contributed by atoms with van der Waals surface area (Å²) in [5.74, 6) is 0.688. The van der Waals surface area contributed by atoms with Crippen LogP contribution < -0.4 is 5.32 Å². The van der Waals surface area contributed by atoms with Gasteiger partial charge in [0.25, 0.3) is 5.91 Å². The molecule has 0 saturated carbocycles. The molecule has 106 valence electrons. The summed E-state index contributed by atoms with van der Waals surface area (Å²) in [4.78, 5) is 16.5. The van der Waals surface area contributed by atoms with Crippen LogP contribution in [0, 0.1) is 0 Å². The van der Waals surface area contributed by atoms with Gasteiger partial charge in [0, 0.05) is 17.1 Å². The minimum absolute atomic E-state index is 0.0843. The van der Waals surface area contributed by atoms with Crippen molar-refractivity contribution in [1.29, 1.82) is 0 Å². The van der Waals surface area contributed by atoms with Crippen LogP contribution in [-0.4, -0.2) is 10.9 Å². The number of carbonyl (C=O) groups is 1. The Balaban J connectivity index is 2.32. The maximum Gasteiger partial charge on any atom is 0.257 e. The third-order valence-electron chi connectivity index (χ3n) is 3.26. The van der Waals surface area contributed by atoms with E-state index < -0.39 is 0 Å². The van der Waals surface area contributed by atoms with E-state index in [9.17, 15) is 4.79 Å². The monoisotopic (exact) mass is 288 g/mol. The van der Waals surface area contributed by atoms with Crippen LogP contribution in [0.4, 0.5) is 5.13 Å². The molecular formula is C16H20N2OS. The number of carbonyl (C=O) groups excluding carboxylic acids is 1. The Bertz CT molecular complexity index is 589. The standard InChI is InChI=1S/C16H20N2OS/c1-10(2)12-5-6-13(14(9-12)11(3)4)15(19)18-16-17-7-8-20-16/h5-11H,1-4H3,(H,17,18,19). The molecule has 1 N–H and O–H groups in total. The van der Waals surface area contributed by atoms with Crippen LogP contribution in [0.2, 0.25) is 0 Å². The first-order valence-electron chi connectivity index (χ1n) is 6.83. The van der Waals surface area contributed by atoms with Crippen LogP contribution in [0.1, 0.15) is 61.0 Å². The van der Waals surface area contributed by atoms with Crippen molar-refractivity contribution < 1.29 is 4.79 Å². The Kier molecular flexibility index (Phi) is 4.55. The summed E-state index contributed by atoms with van der Waals surface area (Å²) in [6.07, 6.45) is 1.69. The van der Waals surface area contributed by atoms with Crippen molar-refractivity contribution in [1.82, 2.24) is 4.98 Å². The zero-order valence-corrected chi connectivity index (χ0v) is 13.1. The van der Waals surface area contributed by atoms with Crippen LogP contribution in [0.3, 0.4) is 0 Å². The summed E-state index contributed by atoms with van der Waals surface area (Å²) < 4.78 is 0. The van der Waals surface area contributed by atoms with Gasteiger partial charge >= 0.3 is 0 Å². The lowest BCUT2D eigenvalue weighted by atomic mass is 9.91. The Morgan fingerprint density at radius 1 is 1.20 bits per heavy atom. The van der Waals surface area contributed by atoms with Crippen LogP contribution in [-0.2, 0) is 0 Å². The number of nitrogens with zero attached hydrogens (tertiary/aromatic N) is 1. The van der Waals surface area contributed by atoms with Gasteiger partial charge in [-0.25, -0.2) is 4.98 Å². The van der Waals surface area contributed by atoms with Crippen molar-refractivity contribution >= 4 is 22.4 Å². The minimum atomic E-state index is -0.0843. The Morgan fingerprint density at radius 3 is 2.50 bits per heavy atom. The van der Waals surface area contributed by atoms with Crippen molar-refractivity contribution in [2.24, 2.45) is 0 Å². The second-order valence-corrected chi connectivity index (χ2v) is 6.34. The molecule has 20 heavy (non-hydrogen) atoms. The molecule has 0 aliphatic rings. The highest BCUT2D eigenvalue weighted by Crippen LogP contribution is 2.25. The van der Waals surface area contributed by atoms with Gasteiger partial charge in [0.1, 0.15) is 0 Å². The van der Waals surface area contributed by atoms with Crippen LogP contribution >= 0.6 is 11.3 Å². The summed E-state index contributed by atoms with van der Waals surface area (Å²) in [6, 6.07) is 6.10. The van der Waals surface area contributed by atoms with Gasteiger partial charge in [-0.1, -0.05) is 39.8 Å². The van der Waals surface area contributed by atoms with Gasteiger partial charge in [0.05, 0.1) is 0 Å². The number of benzene rings is 1. The summed E-state index contributed by atoms with van der Waals surface area (Å²) >= 11 is 1.43. The lowest BCUT2D eigenvalue weighted by Gasteiger charge is -2.15. The maximum absolute atomic E-state index is 12.4. The molecule has 0 bridgehead atoms. The highest BCUT2D eigenvalue weighted by atomic mass is 32.1. The van der Waals surface area contributed by atoms with E-state index in [1.54, 1.807) is 6.20 Å². The second kappa shape index (κ2) is 6.18. The van der Waals surface area contributed by atoms with E-state index in [2.05, 4.69) is 44.1 Å². The average molecular weight is 288 g/mol. The fourth-order valence-corrected chi connectivity index (χ4v) is 2.60. The third kappa shape index (κ3) is 3.25. The van der Waals surface area contributed by atoms with Gasteiger partial charge in [0.2, 0.25) is 0 Å². The van der Waals surface area contributed by atoms with Crippen molar-refractivity contribution in [2.75, 3.05) is 5.32 Å². The molecule has 0 aliphatic carbocycles. The van der Waals surface area contributed by atoms with Crippen molar-refractivity contribution in [2.45, 2.75) is 39.5 Å². The molecule has 1 aromatic heterocycles. The van der Waals surface area contributed by atoms with Crippen LogP contribution in [0.15, 0.2) is 29.8 Å². The highest BCUT2D eigenvalue weighted by Gasteiger charge is 2.16. The third-order valence-corrected chi connectivity index (χ3v) is 3.95.